The zero-order valence-electron chi connectivity index (χ0n) is 16.9. The monoisotopic (exact) mass is 432 g/mol. The number of amides is 2. The van der Waals surface area contributed by atoms with Gasteiger partial charge >= 0.3 is 0 Å². The van der Waals surface area contributed by atoms with Crippen molar-refractivity contribution in [2.75, 3.05) is 18.8 Å². The van der Waals surface area contributed by atoms with Gasteiger partial charge in [-0.25, -0.2) is 8.42 Å². The molecule has 0 unspecified atom stereocenters. The van der Waals surface area contributed by atoms with Gasteiger partial charge in [0.2, 0.25) is 10.0 Å². The predicted octanol–water partition coefficient (Wildman–Crippen LogP) is 1.56. The first kappa shape index (κ1) is 22.2. The summed E-state index contributed by atoms with van der Waals surface area (Å²) in [7, 11) is -4.05. The van der Waals surface area contributed by atoms with E-state index in [-0.39, 0.29) is 0 Å². The zero-order valence-corrected chi connectivity index (χ0v) is 17.8. The van der Waals surface area contributed by atoms with Gasteiger partial charge < -0.3 is 10.6 Å². The van der Waals surface area contributed by atoms with Crippen LogP contribution in [0.1, 0.15) is 66.8 Å². The zero-order chi connectivity index (χ0) is 21.6. The van der Waals surface area contributed by atoms with Crippen molar-refractivity contribution in [3.8, 4) is 6.07 Å². The summed E-state index contributed by atoms with van der Waals surface area (Å²) in [6, 6.07) is 8.96. The number of benzene rings is 1. The van der Waals surface area contributed by atoms with E-state index < -0.39 is 33.1 Å². The minimum absolute atomic E-state index is 0.361. The summed E-state index contributed by atoms with van der Waals surface area (Å²) in [5.41, 5.74) is 0.344. The van der Waals surface area contributed by atoms with E-state index in [0.717, 1.165) is 32.4 Å². The van der Waals surface area contributed by atoms with Gasteiger partial charge in [-0.3, -0.25) is 14.3 Å². The molecule has 2 amide bonds. The standard InChI is InChI=1S/C21H28N4O4S/c22-12-15-30(28,29)25-20(27)21(10-2-1-3-11-21)24-19(26)18-6-4-16(5-7-18)17-8-13-23-14-9-17/h4-7,17,23H,1-3,8-11,13-15H2,(H,24,26)(H,25,27). The Labute approximate surface area is 177 Å². The summed E-state index contributed by atoms with van der Waals surface area (Å²) in [5, 5.41) is 14.8. The van der Waals surface area contributed by atoms with Gasteiger partial charge in [-0.15, -0.1) is 0 Å². The third kappa shape index (κ3) is 5.37. The van der Waals surface area contributed by atoms with Crippen molar-refractivity contribution in [1.82, 2.24) is 15.4 Å². The molecule has 2 aliphatic rings. The summed E-state index contributed by atoms with van der Waals surface area (Å²) < 4.78 is 25.8. The van der Waals surface area contributed by atoms with Crippen LogP contribution in [0.15, 0.2) is 24.3 Å². The summed E-state index contributed by atoms with van der Waals surface area (Å²) in [6.07, 6.45) is 5.18. The molecule has 0 spiro atoms. The van der Waals surface area contributed by atoms with E-state index >= 15 is 0 Å². The van der Waals surface area contributed by atoms with Crippen LogP contribution in [-0.2, 0) is 14.8 Å². The first-order valence-corrected chi connectivity index (χ1v) is 12.1. The number of carbonyl (C=O) groups is 2. The Morgan fingerprint density at radius 3 is 2.33 bits per heavy atom. The first-order chi connectivity index (χ1) is 14.4. The molecular weight excluding hydrogens is 404 g/mol. The molecule has 0 radical (unpaired) electrons. The fourth-order valence-electron chi connectivity index (χ4n) is 4.28. The minimum atomic E-state index is -4.05. The lowest BCUT2D eigenvalue weighted by atomic mass is 9.81. The van der Waals surface area contributed by atoms with Crippen molar-refractivity contribution in [3.05, 3.63) is 35.4 Å². The lowest BCUT2D eigenvalue weighted by molar-refractivity contribution is -0.126. The molecule has 1 aromatic rings. The van der Waals surface area contributed by atoms with Gasteiger partial charge in [-0.1, -0.05) is 31.4 Å². The maximum absolute atomic E-state index is 12.9. The number of piperidine rings is 1. The van der Waals surface area contributed by atoms with Crippen molar-refractivity contribution in [3.63, 3.8) is 0 Å². The van der Waals surface area contributed by atoms with Gasteiger partial charge in [0.25, 0.3) is 11.8 Å². The number of sulfonamides is 1. The van der Waals surface area contributed by atoms with E-state index in [1.54, 1.807) is 12.1 Å². The van der Waals surface area contributed by atoms with Crippen molar-refractivity contribution >= 4 is 21.8 Å². The van der Waals surface area contributed by atoms with Crippen LogP contribution in [0.2, 0.25) is 0 Å². The first-order valence-electron chi connectivity index (χ1n) is 10.4. The molecule has 8 nitrogen and oxygen atoms in total. The molecule has 1 aliphatic heterocycles. The second-order valence-electron chi connectivity index (χ2n) is 8.09. The second-order valence-corrected chi connectivity index (χ2v) is 9.81. The molecule has 1 aliphatic carbocycles. The molecule has 1 saturated carbocycles. The molecule has 30 heavy (non-hydrogen) atoms. The molecular formula is C21H28N4O4S. The highest BCUT2D eigenvalue weighted by atomic mass is 32.2. The Morgan fingerprint density at radius 1 is 1.10 bits per heavy atom. The predicted molar refractivity (Wildman–Crippen MR) is 112 cm³/mol. The van der Waals surface area contributed by atoms with Crippen LogP contribution in [0.3, 0.4) is 0 Å². The van der Waals surface area contributed by atoms with Crippen molar-refractivity contribution in [2.45, 2.75) is 56.4 Å². The highest BCUT2D eigenvalue weighted by molar-refractivity contribution is 7.90. The van der Waals surface area contributed by atoms with Gasteiger partial charge in [0.15, 0.2) is 5.75 Å². The molecule has 1 saturated heterocycles. The number of carbonyl (C=O) groups excluding carboxylic acids is 2. The van der Waals surface area contributed by atoms with Crippen molar-refractivity contribution in [2.24, 2.45) is 0 Å². The van der Waals surface area contributed by atoms with Crippen LogP contribution < -0.4 is 15.4 Å². The molecule has 9 heteroatoms. The highest BCUT2D eigenvalue weighted by Crippen LogP contribution is 2.30. The normalized spacial score (nSPS) is 19.4. The van der Waals surface area contributed by atoms with Crippen LogP contribution in [-0.4, -0.2) is 44.6 Å². The van der Waals surface area contributed by atoms with Gasteiger partial charge in [-0.2, -0.15) is 5.26 Å². The van der Waals surface area contributed by atoms with Gasteiger partial charge in [0, 0.05) is 5.56 Å². The van der Waals surface area contributed by atoms with E-state index in [1.807, 2.05) is 16.9 Å². The summed E-state index contributed by atoms with van der Waals surface area (Å²) in [4.78, 5) is 25.7. The molecule has 162 valence electrons. The fourth-order valence-corrected chi connectivity index (χ4v) is 5.00. The Hall–Kier alpha value is -2.44. The molecule has 0 atom stereocenters. The quantitative estimate of drug-likeness (QED) is 0.626. The topological polar surface area (TPSA) is 128 Å². The molecule has 1 heterocycles. The average molecular weight is 433 g/mol. The number of nitrogens with one attached hydrogen (secondary N) is 3. The van der Waals surface area contributed by atoms with E-state index in [2.05, 4.69) is 10.6 Å². The fraction of sp³-hybridized carbons (Fsp3) is 0.571. The molecule has 3 N–H and O–H groups in total. The summed E-state index contributed by atoms with van der Waals surface area (Å²) in [6.45, 7) is 1.97. The van der Waals surface area contributed by atoms with E-state index in [4.69, 9.17) is 5.26 Å². The second kappa shape index (κ2) is 9.58. The van der Waals surface area contributed by atoms with Crippen LogP contribution in [0, 0.1) is 11.3 Å². The third-order valence-corrected chi connectivity index (χ3v) is 6.99. The maximum Gasteiger partial charge on any atom is 0.259 e. The number of hydrogen-bond donors (Lipinski definition) is 3. The minimum Gasteiger partial charge on any atom is -0.338 e. The van der Waals surface area contributed by atoms with Crippen LogP contribution >= 0.6 is 0 Å². The lowest BCUT2D eigenvalue weighted by Crippen LogP contribution is -2.60. The van der Waals surface area contributed by atoms with Crippen molar-refractivity contribution in [1.29, 1.82) is 5.26 Å². The van der Waals surface area contributed by atoms with Gasteiger partial charge in [-0.05, 0) is 62.4 Å². The van der Waals surface area contributed by atoms with Crippen LogP contribution in [0.5, 0.6) is 0 Å². The van der Waals surface area contributed by atoms with E-state index in [9.17, 15) is 18.0 Å². The summed E-state index contributed by atoms with van der Waals surface area (Å²) in [5.74, 6) is -1.50. The van der Waals surface area contributed by atoms with E-state index in [0.29, 0.717) is 37.2 Å². The molecule has 0 bridgehead atoms. The molecule has 0 aromatic heterocycles. The van der Waals surface area contributed by atoms with E-state index in [1.165, 1.54) is 11.6 Å². The molecule has 2 fully saturated rings. The number of rotatable bonds is 6. The summed E-state index contributed by atoms with van der Waals surface area (Å²) >= 11 is 0. The van der Waals surface area contributed by atoms with Gasteiger partial charge in [0.1, 0.15) is 5.54 Å². The smallest absolute Gasteiger partial charge is 0.259 e. The Kier molecular flexibility index (Phi) is 7.10. The SMILES string of the molecule is N#CCS(=O)(=O)NC(=O)C1(NC(=O)c2ccc(C3CCNCC3)cc2)CCCCC1. The Morgan fingerprint density at radius 2 is 1.73 bits per heavy atom. The molecule has 1 aromatic carbocycles. The Bertz CT molecular complexity index is 909. The lowest BCUT2D eigenvalue weighted by Gasteiger charge is -2.36. The Balaban J connectivity index is 1.73. The largest absolute Gasteiger partial charge is 0.338 e. The maximum atomic E-state index is 12.9. The molecule has 3 rings (SSSR count). The number of nitrogens with zero attached hydrogens (tertiary/aromatic N) is 1. The van der Waals surface area contributed by atoms with Gasteiger partial charge in [0.05, 0.1) is 6.07 Å². The van der Waals surface area contributed by atoms with Crippen molar-refractivity contribution < 1.29 is 18.0 Å². The number of hydrogen-bond acceptors (Lipinski definition) is 6. The highest BCUT2D eigenvalue weighted by Gasteiger charge is 2.42. The van der Waals surface area contributed by atoms with Crippen LogP contribution in [0.25, 0.3) is 0 Å². The number of nitriles is 1. The third-order valence-electron chi connectivity index (χ3n) is 5.98. The van der Waals surface area contributed by atoms with Crippen LogP contribution in [0.4, 0.5) is 0 Å². The average Bonchev–Trinajstić information content (AvgIpc) is 2.74.